The van der Waals surface area contributed by atoms with Crippen LogP contribution in [-0.4, -0.2) is 12.9 Å². The number of halogens is 2. The molecule has 0 aromatic heterocycles. The summed E-state index contributed by atoms with van der Waals surface area (Å²) in [5.41, 5.74) is 1.21. The number of methoxy groups -OCH3 is 1. The first kappa shape index (κ1) is 13.4. The number of hydrogen-bond donors (Lipinski definition) is 0. The molecule has 0 aliphatic rings. The number of hydrogen-bond acceptors (Lipinski definition) is 2. The summed E-state index contributed by atoms with van der Waals surface area (Å²) < 4.78 is 6.15. The summed E-state index contributed by atoms with van der Waals surface area (Å²) >= 11 is 8.21. The maximum absolute atomic E-state index is 12.2. The Labute approximate surface area is 124 Å². The number of carbonyl (C=O) groups is 1. The molecule has 0 heterocycles. The first-order chi connectivity index (χ1) is 8.61. The molecule has 0 atom stereocenters. The van der Waals surface area contributed by atoms with E-state index >= 15 is 0 Å². The first-order valence-corrected chi connectivity index (χ1v) is 6.71. The summed E-state index contributed by atoms with van der Waals surface area (Å²) in [4.78, 5) is 12.2. The van der Waals surface area contributed by atoms with Crippen molar-refractivity contribution >= 4 is 40.0 Å². The van der Waals surface area contributed by atoms with Gasteiger partial charge in [-0.25, -0.2) is 0 Å². The lowest BCUT2D eigenvalue weighted by atomic mass is 10.0. The fourth-order valence-corrected chi connectivity index (χ4v) is 2.19. The van der Waals surface area contributed by atoms with Crippen molar-refractivity contribution in [2.24, 2.45) is 0 Å². The Morgan fingerprint density at radius 1 is 1.11 bits per heavy atom. The van der Waals surface area contributed by atoms with Crippen molar-refractivity contribution < 1.29 is 9.53 Å². The lowest BCUT2D eigenvalue weighted by molar-refractivity contribution is 0.103. The molecule has 2 aromatic rings. The van der Waals surface area contributed by atoms with Crippen molar-refractivity contribution in [3.05, 3.63) is 62.2 Å². The highest BCUT2D eigenvalue weighted by molar-refractivity contribution is 14.1. The van der Waals surface area contributed by atoms with Crippen LogP contribution in [0, 0.1) is 3.57 Å². The van der Waals surface area contributed by atoms with Crippen LogP contribution in [0.25, 0.3) is 0 Å². The summed E-state index contributed by atoms with van der Waals surface area (Å²) in [6.07, 6.45) is 0. The second-order valence-corrected chi connectivity index (χ2v) is 5.34. The fraction of sp³-hybridized carbons (Fsp3) is 0.0714. The van der Waals surface area contributed by atoms with Gasteiger partial charge in [-0.3, -0.25) is 4.79 Å². The average molecular weight is 373 g/mol. The molecular formula is C14H10ClIO2. The molecule has 0 spiro atoms. The first-order valence-electron chi connectivity index (χ1n) is 5.25. The van der Waals surface area contributed by atoms with E-state index in [0.717, 1.165) is 3.57 Å². The van der Waals surface area contributed by atoms with Gasteiger partial charge < -0.3 is 4.74 Å². The summed E-state index contributed by atoms with van der Waals surface area (Å²) in [7, 11) is 1.54. The Morgan fingerprint density at radius 2 is 1.72 bits per heavy atom. The van der Waals surface area contributed by atoms with Gasteiger partial charge >= 0.3 is 0 Å². The molecule has 0 aliphatic carbocycles. The highest BCUT2D eigenvalue weighted by Crippen LogP contribution is 2.26. The molecule has 92 valence electrons. The Kier molecular flexibility index (Phi) is 4.24. The second kappa shape index (κ2) is 5.71. The van der Waals surface area contributed by atoms with Crippen LogP contribution in [0.5, 0.6) is 5.75 Å². The van der Waals surface area contributed by atoms with Gasteiger partial charge in [0.15, 0.2) is 5.78 Å². The molecule has 0 aliphatic heterocycles. The van der Waals surface area contributed by atoms with E-state index in [9.17, 15) is 4.79 Å². The Bertz CT molecular complexity index is 579. The molecular weight excluding hydrogens is 363 g/mol. The number of ketones is 1. The minimum Gasteiger partial charge on any atom is -0.495 e. The highest BCUT2D eigenvalue weighted by Gasteiger charge is 2.11. The van der Waals surface area contributed by atoms with Crippen LogP contribution in [0.2, 0.25) is 5.02 Å². The van der Waals surface area contributed by atoms with Gasteiger partial charge in [0.05, 0.1) is 12.1 Å². The summed E-state index contributed by atoms with van der Waals surface area (Å²) in [6.45, 7) is 0. The summed E-state index contributed by atoms with van der Waals surface area (Å²) in [5.74, 6) is 0.520. The molecule has 4 heteroatoms. The van der Waals surface area contributed by atoms with E-state index in [1.807, 2.05) is 24.3 Å². The smallest absolute Gasteiger partial charge is 0.193 e. The maximum atomic E-state index is 12.2. The molecule has 0 bridgehead atoms. The van der Waals surface area contributed by atoms with Crippen molar-refractivity contribution in [1.82, 2.24) is 0 Å². The topological polar surface area (TPSA) is 26.3 Å². The summed E-state index contributed by atoms with van der Waals surface area (Å²) in [5, 5.41) is 0.439. The van der Waals surface area contributed by atoms with Gasteiger partial charge in [-0.15, -0.1) is 0 Å². The van der Waals surface area contributed by atoms with Crippen LogP contribution in [0.15, 0.2) is 42.5 Å². The van der Waals surface area contributed by atoms with E-state index in [4.69, 9.17) is 16.3 Å². The van der Waals surface area contributed by atoms with E-state index in [1.165, 1.54) is 0 Å². The van der Waals surface area contributed by atoms with Crippen LogP contribution in [0.3, 0.4) is 0 Å². The predicted molar refractivity (Wildman–Crippen MR) is 80.6 cm³/mol. The fourth-order valence-electron chi connectivity index (χ4n) is 1.58. The predicted octanol–water partition coefficient (Wildman–Crippen LogP) is 4.18. The zero-order valence-electron chi connectivity index (χ0n) is 9.61. The van der Waals surface area contributed by atoms with Gasteiger partial charge in [0, 0.05) is 14.7 Å². The van der Waals surface area contributed by atoms with Crippen molar-refractivity contribution in [3.63, 3.8) is 0 Å². The standard InChI is InChI=1S/C14H10ClIO2/c1-18-13-7-4-10(8-12(13)15)14(17)9-2-5-11(16)6-3-9/h2-8H,1H3. The highest BCUT2D eigenvalue weighted by atomic mass is 127. The van der Waals surface area contributed by atoms with Crippen molar-refractivity contribution in [2.75, 3.05) is 7.11 Å². The third kappa shape index (κ3) is 2.84. The molecule has 18 heavy (non-hydrogen) atoms. The van der Waals surface area contributed by atoms with Crippen LogP contribution in [0.1, 0.15) is 15.9 Å². The lowest BCUT2D eigenvalue weighted by Gasteiger charge is -2.05. The van der Waals surface area contributed by atoms with Crippen LogP contribution < -0.4 is 4.74 Å². The molecule has 0 unspecified atom stereocenters. The molecule has 2 aromatic carbocycles. The van der Waals surface area contributed by atoms with E-state index in [2.05, 4.69) is 22.6 Å². The SMILES string of the molecule is COc1ccc(C(=O)c2ccc(I)cc2)cc1Cl. The van der Waals surface area contributed by atoms with E-state index in [1.54, 1.807) is 25.3 Å². The largest absolute Gasteiger partial charge is 0.495 e. The molecule has 0 radical (unpaired) electrons. The van der Waals surface area contributed by atoms with Gasteiger partial charge in [-0.1, -0.05) is 11.6 Å². The molecule has 0 N–H and O–H groups in total. The third-order valence-corrected chi connectivity index (χ3v) is 3.53. The molecule has 0 saturated carbocycles. The zero-order chi connectivity index (χ0) is 13.1. The van der Waals surface area contributed by atoms with Gasteiger partial charge in [-0.2, -0.15) is 0 Å². The van der Waals surface area contributed by atoms with E-state index in [-0.39, 0.29) is 5.78 Å². The van der Waals surface area contributed by atoms with Gasteiger partial charge in [0.25, 0.3) is 0 Å². The minimum absolute atomic E-state index is 0.0454. The zero-order valence-corrected chi connectivity index (χ0v) is 12.5. The Hall–Kier alpha value is -1.07. The van der Waals surface area contributed by atoms with Gasteiger partial charge in [0.2, 0.25) is 0 Å². The van der Waals surface area contributed by atoms with Gasteiger partial charge in [-0.05, 0) is 65.1 Å². The lowest BCUT2D eigenvalue weighted by Crippen LogP contribution is -2.01. The molecule has 0 amide bonds. The Morgan fingerprint density at radius 3 is 2.28 bits per heavy atom. The quantitative estimate of drug-likeness (QED) is 0.597. The third-order valence-electron chi connectivity index (χ3n) is 2.52. The molecule has 0 saturated heterocycles. The Balaban J connectivity index is 2.34. The monoisotopic (exact) mass is 372 g/mol. The number of rotatable bonds is 3. The normalized spacial score (nSPS) is 10.2. The molecule has 0 fully saturated rings. The minimum atomic E-state index is -0.0454. The van der Waals surface area contributed by atoms with Crippen molar-refractivity contribution in [3.8, 4) is 5.75 Å². The van der Waals surface area contributed by atoms with Crippen LogP contribution in [-0.2, 0) is 0 Å². The number of carbonyl (C=O) groups excluding carboxylic acids is 1. The molecule has 2 nitrogen and oxygen atoms in total. The van der Waals surface area contributed by atoms with Crippen molar-refractivity contribution in [1.29, 1.82) is 0 Å². The van der Waals surface area contributed by atoms with Gasteiger partial charge in [0.1, 0.15) is 5.75 Å². The van der Waals surface area contributed by atoms with E-state index in [0.29, 0.717) is 21.9 Å². The maximum Gasteiger partial charge on any atom is 0.193 e. The van der Waals surface area contributed by atoms with Crippen LogP contribution in [0.4, 0.5) is 0 Å². The summed E-state index contributed by atoms with van der Waals surface area (Å²) in [6, 6.07) is 12.5. The molecule has 2 rings (SSSR count). The van der Waals surface area contributed by atoms with E-state index < -0.39 is 0 Å². The van der Waals surface area contributed by atoms with Crippen LogP contribution >= 0.6 is 34.2 Å². The average Bonchev–Trinajstić information content (AvgIpc) is 2.38. The number of benzene rings is 2. The second-order valence-electron chi connectivity index (χ2n) is 3.69. The van der Waals surface area contributed by atoms with Crippen molar-refractivity contribution in [2.45, 2.75) is 0 Å². The number of ether oxygens (including phenoxy) is 1.